The first-order valence-corrected chi connectivity index (χ1v) is 8.08. The highest BCUT2D eigenvalue weighted by Gasteiger charge is 2.45. The van der Waals surface area contributed by atoms with Crippen LogP contribution >= 0.6 is 79.6 Å². The first-order valence-electron chi connectivity index (χ1n) is 3.79. The molecule has 0 spiro atoms. The maximum Gasteiger partial charge on any atom is 0.131 e. The van der Waals surface area contributed by atoms with Crippen molar-refractivity contribution in [3.63, 3.8) is 0 Å². The summed E-state index contributed by atoms with van der Waals surface area (Å²) in [6.45, 7) is 0. The zero-order chi connectivity index (χ0) is 10.8. The Morgan fingerprint density at radius 1 is 0.929 bits per heavy atom. The van der Waals surface area contributed by atoms with Crippen molar-refractivity contribution in [2.75, 3.05) is 5.33 Å². The summed E-state index contributed by atoms with van der Waals surface area (Å²) in [7, 11) is 0. The molecule has 0 aliphatic heterocycles. The average molecular weight is 515 g/mol. The summed E-state index contributed by atoms with van der Waals surface area (Å²) in [6, 6.07) is 10.1. The first-order chi connectivity index (χ1) is 6.42. The van der Waals surface area contributed by atoms with Gasteiger partial charge in [-0.05, 0) is 5.56 Å². The van der Waals surface area contributed by atoms with Gasteiger partial charge in [0.15, 0.2) is 0 Å². The van der Waals surface area contributed by atoms with E-state index in [4.69, 9.17) is 0 Å². The summed E-state index contributed by atoms with van der Waals surface area (Å²) in [5, 5.41) is 0.755. The third kappa shape index (κ3) is 2.84. The summed E-state index contributed by atoms with van der Waals surface area (Å²) < 4.78 is -0.633. The minimum atomic E-state index is -0.349. The molecule has 0 aliphatic carbocycles. The van der Waals surface area contributed by atoms with Crippen LogP contribution in [-0.2, 0) is 3.23 Å². The highest BCUT2D eigenvalue weighted by Crippen LogP contribution is 2.55. The van der Waals surface area contributed by atoms with E-state index in [2.05, 4.69) is 91.8 Å². The summed E-state index contributed by atoms with van der Waals surface area (Å²) in [5.41, 5.74) is 1.15. The third-order valence-electron chi connectivity index (χ3n) is 1.76. The fourth-order valence-electron chi connectivity index (χ4n) is 0.943. The molecule has 0 amide bonds. The van der Waals surface area contributed by atoms with Crippen molar-refractivity contribution < 1.29 is 0 Å². The Balaban J connectivity index is 3.08. The highest BCUT2D eigenvalue weighted by molar-refractivity contribution is 9.30. The molecule has 0 atom stereocenters. The fourth-order valence-corrected chi connectivity index (χ4v) is 3.38. The lowest BCUT2D eigenvalue weighted by Crippen LogP contribution is -2.33. The van der Waals surface area contributed by atoms with Crippen LogP contribution in [0.3, 0.4) is 0 Å². The molecule has 0 N–H and O–H groups in total. The second-order valence-corrected chi connectivity index (χ2v) is 10.6. The summed E-state index contributed by atoms with van der Waals surface area (Å²) in [5.74, 6) is 0. The van der Waals surface area contributed by atoms with Crippen LogP contribution in [0.2, 0.25) is 0 Å². The second kappa shape index (κ2) is 5.30. The molecule has 0 bridgehead atoms. The zero-order valence-electron chi connectivity index (χ0n) is 6.98. The molecule has 0 saturated heterocycles. The van der Waals surface area contributed by atoms with Crippen LogP contribution in [0.1, 0.15) is 5.56 Å². The smallest absolute Gasteiger partial charge is 0.0902 e. The van der Waals surface area contributed by atoms with Gasteiger partial charge in [0.1, 0.15) is 6.47 Å². The molecule has 1 aromatic carbocycles. The van der Waals surface area contributed by atoms with Crippen LogP contribution in [0.4, 0.5) is 0 Å². The van der Waals surface area contributed by atoms with E-state index in [0.29, 0.717) is 0 Å². The summed E-state index contributed by atoms with van der Waals surface area (Å²) in [6.07, 6.45) is 0. The predicted octanol–water partition coefficient (Wildman–Crippen LogP) is 5.51. The minimum absolute atomic E-state index is 0.283. The SMILES string of the molecule is BrCC(Br)(Br)C(Br)(Br)c1ccccc1. The molecular formula is C9H7Br5. The van der Waals surface area contributed by atoms with E-state index in [1.54, 1.807) is 0 Å². The molecule has 0 heterocycles. The van der Waals surface area contributed by atoms with Gasteiger partial charge in [-0.25, -0.2) is 0 Å². The lowest BCUT2D eigenvalue weighted by Gasteiger charge is -2.33. The lowest BCUT2D eigenvalue weighted by atomic mass is 10.1. The van der Waals surface area contributed by atoms with Gasteiger partial charge in [0, 0.05) is 5.33 Å². The van der Waals surface area contributed by atoms with Crippen molar-refractivity contribution >= 4 is 79.6 Å². The Morgan fingerprint density at radius 2 is 1.43 bits per heavy atom. The molecule has 78 valence electrons. The Labute approximate surface area is 126 Å². The fraction of sp³-hybridized carbons (Fsp3) is 0.333. The molecule has 1 rings (SSSR count). The molecule has 5 heteroatoms. The van der Waals surface area contributed by atoms with E-state index in [-0.39, 0.29) is 6.47 Å². The maximum absolute atomic E-state index is 3.66. The lowest BCUT2D eigenvalue weighted by molar-refractivity contribution is 0.873. The molecule has 0 radical (unpaired) electrons. The number of alkyl halides is 5. The van der Waals surface area contributed by atoms with Gasteiger partial charge in [-0.15, -0.1) is 0 Å². The predicted molar refractivity (Wildman–Crippen MR) is 80.4 cm³/mol. The normalized spacial score (nSPS) is 12.9. The molecule has 1 aromatic rings. The van der Waals surface area contributed by atoms with Crippen molar-refractivity contribution in [2.24, 2.45) is 0 Å². The number of benzene rings is 1. The van der Waals surface area contributed by atoms with Crippen LogP contribution in [0.5, 0.6) is 0 Å². The Hall–Kier alpha value is 1.62. The zero-order valence-corrected chi connectivity index (χ0v) is 14.9. The van der Waals surface area contributed by atoms with Crippen molar-refractivity contribution in [3.8, 4) is 0 Å². The summed E-state index contributed by atoms with van der Waals surface area (Å²) in [4.78, 5) is 0. The van der Waals surface area contributed by atoms with E-state index >= 15 is 0 Å². The largest absolute Gasteiger partial charge is 0.131 e. The van der Waals surface area contributed by atoms with Gasteiger partial charge in [0.25, 0.3) is 0 Å². The van der Waals surface area contributed by atoms with Gasteiger partial charge >= 0.3 is 0 Å². The number of hydrogen-bond acceptors (Lipinski definition) is 0. The molecule has 0 nitrogen and oxygen atoms in total. The van der Waals surface area contributed by atoms with Gasteiger partial charge < -0.3 is 0 Å². The minimum Gasteiger partial charge on any atom is -0.0902 e. The van der Waals surface area contributed by atoms with Crippen LogP contribution < -0.4 is 0 Å². The molecule has 0 aromatic heterocycles. The first kappa shape index (κ1) is 13.7. The molecule has 0 aliphatic rings. The van der Waals surface area contributed by atoms with Crippen molar-refractivity contribution in [3.05, 3.63) is 35.9 Å². The van der Waals surface area contributed by atoms with Gasteiger partial charge in [0.2, 0.25) is 0 Å². The number of halogens is 5. The van der Waals surface area contributed by atoms with Crippen molar-refractivity contribution in [1.29, 1.82) is 0 Å². The molecule has 0 fully saturated rings. The molecule has 0 unspecified atom stereocenters. The van der Waals surface area contributed by atoms with Crippen LogP contribution in [0, 0.1) is 0 Å². The van der Waals surface area contributed by atoms with Crippen LogP contribution in [0.15, 0.2) is 30.3 Å². The molecular weight excluding hydrogens is 508 g/mol. The van der Waals surface area contributed by atoms with E-state index in [9.17, 15) is 0 Å². The molecule has 0 saturated carbocycles. The topological polar surface area (TPSA) is 0 Å². The van der Waals surface area contributed by atoms with E-state index in [1.807, 2.05) is 18.2 Å². The number of rotatable bonds is 3. The summed E-state index contributed by atoms with van der Waals surface area (Å²) >= 11 is 18.0. The molecule has 14 heavy (non-hydrogen) atoms. The van der Waals surface area contributed by atoms with Crippen LogP contribution in [-0.4, -0.2) is 8.56 Å². The van der Waals surface area contributed by atoms with E-state index in [1.165, 1.54) is 0 Å². The van der Waals surface area contributed by atoms with Gasteiger partial charge in [0.05, 0.1) is 0 Å². The van der Waals surface area contributed by atoms with E-state index in [0.717, 1.165) is 10.9 Å². The quantitative estimate of drug-likeness (QED) is 0.467. The second-order valence-electron chi connectivity index (χ2n) is 2.78. The van der Waals surface area contributed by atoms with Crippen molar-refractivity contribution in [1.82, 2.24) is 0 Å². The number of hydrogen-bond donors (Lipinski definition) is 0. The monoisotopic (exact) mass is 510 g/mol. The highest BCUT2D eigenvalue weighted by atomic mass is 79.9. The van der Waals surface area contributed by atoms with E-state index < -0.39 is 0 Å². The average Bonchev–Trinajstić information content (AvgIpc) is 2.19. The Morgan fingerprint density at radius 3 is 1.86 bits per heavy atom. The van der Waals surface area contributed by atoms with Crippen LogP contribution in [0.25, 0.3) is 0 Å². The Bertz CT molecular complexity index is 293. The van der Waals surface area contributed by atoms with Gasteiger partial charge in [-0.3, -0.25) is 0 Å². The Kier molecular flexibility index (Phi) is 5.18. The standard InChI is InChI=1S/C9H7Br5/c10-6-8(11,12)9(13,14)7-4-2-1-3-5-7/h1-5H,6H2. The maximum atomic E-state index is 3.66. The van der Waals surface area contributed by atoms with Gasteiger partial charge in [-0.2, -0.15) is 0 Å². The van der Waals surface area contributed by atoms with Crippen molar-refractivity contribution in [2.45, 2.75) is 6.47 Å². The van der Waals surface area contributed by atoms with Gasteiger partial charge in [-0.1, -0.05) is 110 Å². The third-order valence-corrected chi connectivity index (χ3v) is 10.3.